The van der Waals surface area contributed by atoms with Gasteiger partial charge in [0.15, 0.2) is 12.2 Å². The lowest BCUT2D eigenvalue weighted by molar-refractivity contribution is -0.253. The molecule has 1 aliphatic carbocycles. The summed E-state index contributed by atoms with van der Waals surface area (Å²) in [6.07, 6.45) is 0.595. The maximum Gasteiger partial charge on any atom is 0.334 e. The van der Waals surface area contributed by atoms with Crippen LogP contribution in [0.3, 0.4) is 0 Å². The molecule has 3 aliphatic rings. The Hall–Kier alpha value is -2.96. The van der Waals surface area contributed by atoms with Gasteiger partial charge in [0.2, 0.25) is 0 Å². The summed E-state index contributed by atoms with van der Waals surface area (Å²) in [4.78, 5) is 48.4. The Balaban J connectivity index is 2.12. The van der Waals surface area contributed by atoms with E-state index in [0.717, 1.165) is 0 Å². The van der Waals surface area contributed by atoms with Gasteiger partial charge in [-0.1, -0.05) is 25.3 Å². The number of fused-ring (bicyclic) bond motifs is 2. The molecule has 27 heavy (non-hydrogen) atoms. The Morgan fingerprint density at radius 1 is 1.30 bits per heavy atom. The first-order valence-corrected chi connectivity index (χ1v) is 8.46. The smallest absolute Gasteiger partial charge is 0.334 e. The second-order valence-corrected chi connectivity index (χ2v) is 6.90. The lowest BCUT2D eigenvalue weighted by Gasteiger charge is -2.57. The predicted molar refractivity (Wildman–Crippen MR) is 93.0 cm³/mol. The Bertz CT molecular complexity index is 820. The Labute approximate surface area is 156 Å². The van der Waals surface area contributed by atoms with Crippen LogP contribution in [0.15, 0.2) is 48.6 Å². The highest BCUT2D eigenvalue weighted by Crippen LogP contribution is 2.59. The first-order valence-electron chi connectivity index (χ1n) is 8.46. The summed E-state index contributed by atoms with van der Waals surface area (Å²) in [6.45, 7) is 14.5. The lowest BCUT2D eigenvalue weighted by Crippen LogP contribution is -2.72. The number of carbonyl (C=O) groups excluding carboxylic acids is 4. The zero-order valence-electron chi connectivity index (χ0n) is 15.1. The second-order valence-electron chi connectivity index (χ2n) is 6.90. The molecule has 0 aromatic rings. The number of aldehydes is 1. The molecule has 0 aromatic carbocycles. The zero-order valence-corrected chi connectivity index (χ0v) is 15.1. The highest BCUT2D eigenvalue weighted by Gasteiger charge is 2.74. The summed E-state index contributed by atoms with van der Waals surface area (Å²) in [7, 11) is 0. The summed E-state index contributed by atoms with van der Waals surface area (Å²) < 4.78 is 16.3. The van der Waals surface area contributed by atoms with Crippen LogP contribution in [0.5, 0.6) is 0 Å². The van der Waals surface area contributed by atoms with Gasteiger partial charge in [0.25, 0.3) is 0 Å². The molecule has 0 bridgehead atoms. The minimum atomic E-state index is -1.38. The Morgan fingerprint density at radius 2 is 1.96 bits per heavy atom. The van der Waals surface area contributed by atoms with E-state index in [1.165, 1.54) is 6.08 Å². The van der Waals surface area contributed by atoms with Gasteiger partial charge in [0, 0.05) is 17.1 Å². The summed E-state index contributed by atoms with van der Waals surface area (Å²) in [6, 6.07) is 0. The highest BCUT2D eigenvalue weighted by molar-refractivity contribution is 5.95. The lowest BCUT2D eigenvalue weighted by atomic mass is 9.54. The fraction of sp³-hybridized carbons (Fsp3) is 0.400. The topological polar surface area (TPSA) is 96.0 Å². The molecule has 0 aromatic heterocycles. The molecule has 0 unspecified atom stereocenters. The molecule has 7 heteroatoms. The number of allylic oxidation sites excluding steroid dienone is 1. The SMILES string of the molecule is C=C[C@]12C(=O)O[C@@H]1[C@@H](OC(=O)/C(C)=C/C)[C@@H]1C(=C)C(=O)O[C@@H]1[C@H]2C(=C)C=O. The minimum Gasteiger partial charge on any atom is -0.457 e. The van der Waals surface area contributed by atoms with Crippen molar-refractivity contribution >= 4 is 24.2 Å². The van der Waals surface area contributed by atoms with Gasteiger partial charge < -0.3 is 14.2 Å². The maximum atomic E-state index is 12.5. The van der Waals surface area contributed by atoms with Crippen LogP contribution in [0.1, 0.15) is 13.8 Å². The Morgan fingerprint density at radius 3 is 2.48 bits per heavy atom. The summed E-state index contributed by atoms with van der Waals surface area (Å²) in [5, 5.41) is 0. The predicted octanol–water partition coefficient (Wildman–Crippen LogP) is 1.44. The largest absolute Gasteiger partial charge is 0.457 e. The fourth-order valence-electron chi connectivity index (χ4n) is 4.13. The number of hydrogen-bond acceptors (Lipinski definition) is 7. The van der Waals surface area contributed by atoms with Crippen molar-refractivity contribution in [3.63, 3.8) is 0 Å². The van der Waals surface area contributed by atoms with Crippen molar-refractivity contribution < 1.29 is 33.4 Å². The third kappa shape index (κ3) is 2.34. The van der Waals surface area contributed by atoms with E-state index >= 15 is 0 Å². The number of esters is 3. The highest BCUT2D eigenvalue weighted by atomic mass is 16.6. The van der Waals surface area contributed by atoms with Crippen LogP contribution >= 0.6 is 0 Å². The van der Waals surface area contributed by atoms with E-state index in [-0.39, 0.29) is 11.1 Å². The first kappa shape index (κ1) is 18.8. The van der Waals surface area contributed by atoms with Gasteiger partial charge in [0.1, 0.15) is 17.8 Å². The van der Waals surface area contributed by atoms with Crippen LogP contribution in [0.2, 0.25) is 0 Å². The summed E-state index contributed by atoms with van der Waals surface area (Å²) in [5.41, 5.74) is -0.848. The van der Waals surface area contributed by atoms with Crippen LogP contribution in [-0.4, -0.2) is 42.5 Å². The summed E-state index contributed by atoms with van der Waals surface area (Å²) >= 11 is 0. The van der Waals surface area contributed by atoms with Crippen LogP contribution in [-0.2, 0) is 33.4 Å². The van der Waals surface area contributed by atoms with Crippen LogP contribution in [0.25, 0.3) is 0 Å². The van der Waals surface area contributed by atoms with Crippen molar-refractivity contribution in [2.75, 3.05) is 0 Å². The van der Waals surface area contributed by atoms with Crippen molar-refractivity contribution in [1.82, 2.24) is 0 Å². The average Bonchev–Trinajstić information content (AvgIpc) is 2.94. The molecule has 142 valence electrons. The molecule has 7 nitrogen and oxygen atoms in total. The van der Waals surface area contributed by atoms with Crippen LogP contribution in [0.4, 0.5) is 0 Å². The van der Waals surface area contributed by atoms with E-state index < -0.39 is 53.5 Å². The monoisotopic (exact) mass is 372 g/mol. The van der Waals surface area contributed by atoms with Crippen molar-refractivity contribution in [2.24, 2.45) is 17.3 Å². The fourth-order valence-corrected chi connectivity index (χ4v) is 4.13. The van der Waals surface area contributed by atoms with Crippen molar-refractivity contribution in [1.29, 1.82) is 0 Å². The molecule has 6 atom stereocenters. The number of hydrogen-bond donors (Lipinski definition) is 0. The van der Waals surface area contributed by atoms with Crippen molar-refractivity contribution in [3.05, 3.63) is 48.6 Å². The molecule has 2 heterocycles. The molecule has 1 saturated carbocycles. The Kier molecular flexibility index (Phi) is 4.41. The van der Waals surface area contributed by atoms with E-state index in [2.05, 4.69) is 19.7 Å². The molecule has 0 N–H and O–H groups in total. The molecule has 3 rings (SSSR count). The second kappa shape index (κ2) is 6.33. The van der Waals surface area contributed by atoms with E-state index in [4.69, 9.17) is 14.2 Å². The van der Waals surface area contributed by atoms with Gasteiger partial charge in [-0.05, 0) is 19.4 Å². The van der Waals surface area contributed by atoms with E-state index in [0.29, 0.717) is 11.9 Å². The van der Waals surface area contributed by atoms with Gasteiger partial charge >= 0.3 is 17.9 Å². The van der Waals surface area contributed by atoms with Gasteiger partial charge in [-0.25, -0.2) is 9.59 Å². The molecule has 0 radical (unpaired) electrons. The van der Waals surface area contributed by atoms with Crippen molar-refractivity contribution in [3.8, 4) is 0 Å². The maximum absolute atomic E-state index is 12.5. The number of rotatable bonds is 5. The molecule has 2 aliphatic heterocycles. The van der Waals surface area contributed by atoms with Crippen LogP contribution < -0.4 is 0 Å². The van der Waals surface area contributed by atoms with E-state index in [1.807, 2.05) is 0 Å². The normalized spacial score (nSPS) is 37.2. The van der Waals surface area contributed by atoms with Gasteiger partial charge in [0.05, 0.1) is 5.92 Å². The molecule has 2 saturated heterocycles. The standard InChI is InChI=1S/C20H20O7/c1-6-9(3)17(22)26-15-12-11(5)18(23)25-14(12)13(10(4)8-21)20(7-2)16(15)27-19(20)24/h6-8,12-16H,2,4-5H2,1,3H3/b9-6+/t12-,13-,14+,15+,16-,20-/m1/s1. The van der Waals surface area contributed by atoms with Gasteiger partial charge in [-0.15, -0.1) is 6.58 Å². The molecular weight excluding hydrogens is 352 g/mol. The molecule has 0 amide bonds. The average molecular weight is 372 g/mol. The first-order chi connectivity index (χ1) is 12.7. The number of carbonyl (C=O) groups is 4. The van der Waals surface area contributed by atoms with E-state index in [9.17, 15) is 19.2 Å². The third-order valence-electron chi connectivity index (χ3n) is 5.70. The van der Waals surface area contributed by atoms with Gasteiger partial charge in [-0.3, -0.25) is 9.59 Å². The quantitative estimate of drug-likeness (QED) is 0.237. The molecule has 0 spiro atoms. The molecular formula is C20H20O7. The van der Waals surface area contributed by atoms with Gasteiger partial charge in [-0.2, -0.15) is 0 Å². The number of ether oxygens (including phenoxy) is 3. The summed E-state index contributed by atoms with van der Waals surface area (Å²) in [5.74, 6) is -3.55. The minimum absolute atomic E-state index is 0.0726. The van der Waals surface area contributed by atoms with Crippen LogP contribution in [0, 0.1) is 17.3 Å². The van der Waals surface area contributed by atoms with Crippen molar-refractivity contribution in [2.45, 2.75) is 32.2 Å². The molecule has 3 fully saturated rings. The third-order valence-corrected chi connectivity index (χ3v) is 5.70. The zero-order chi connectivity index (χ0) is 20.1. The van der Waals surface area contributed by atoms with E-state index in [1.54, 1.807) is 19.9 Å².